The average molecular weight is 487 g/mol. The molecule has 33 heavy (non-hydrogen) atoms. The third kappa shape index (κ3) is 16.8. The summed E-state index contributed by atoms with van der Waals surface area (Å²) in [6, 6.07) is 0. The monoisotopic (exact) mass is 486 g/mol. The number of hydrogen-bond acceptors (Lipinski definition) is 6. The highest BCUT2D eigenvalue weighted by Gasteiger charge is 2.19. The lowest BCUT2D eigenvalue weighted by molar-refractivity contribution is -0.720. The Labute approximate surface area is 202 Å². The summed E-state index contributed by atoms with van der Waals surface area (Å²) in [6.45, 7) is 8.92. The molecule has 2 unspecified atom stereocenters. The van der Waals surface area contributed by atoms with E-state index in [0.717, 1.165) is 25.7 Å². The highest BCUT2D eigenvalue weighted by Crippen LogP contribution is 2.12. The van der Waals surface area contributed by atoms with Gasteiger partial charge < -0.3 is 9.11 Å². The van der Waals surface area contributed by atoms with Crippen LogP contribution in [0.15, 0.2) is 33.8 Å². The summed E-state index contributed by atoms with van der Waals surface area (Å²) in [5, 5.41) is 0. The maximum atomic E-state index is 8.52. The number of hydrogen-bond donors (Lipinski definition) is 2. The van der Waals surface area contributed by atoms with E-state index >= 15 is 0 Å². The predicted molar refractivity (Wildman–Crippen MR) is 133 cm³/mol. The van der Waals surface area contributed by atoms with Crippen LogP contribution in [-0.2, 0) is 10.4 Å². The fraction of sp³-hybridized carbons (Fsp3) is 0.750. The number of quaternary nitrogens is 2. The number of nitrogens with zero attached hydrogens (tertiary/aromatic N) is 2. The minimum absolute atomic E-state index is 1.16. The van der Waals surface area contributed by atoms with Crippen LogP contribution < -0.4 is 9.80 Å². The van der Waals surface area contributed by atoms with Gasteiger partial charge in [-0.25, -0.2) is 0 Å². The van der Waals surface area contributed by atoms with E-state index in [1.807, 2.05) is 0 Å². The third-order valence-corrected chi connectivity index (χ3v) is 5.34. The van der Waals surface area contributed by atoms with Crippen LogP contribution in [0.2, 0.25) is 0 Å². The quantitative estimate of drug-likeness (QED) is 0.326. The molecule has 0 saturated heterocycles. The maximum Gasteiger partial charge on any atom is 0.205 e. The zero-order chi connectivity index (χ0) is 25.3. The van der Waals surface area contributed by atoms with Crippen LogP contribution in [-0.4, -0.2) is 43.3 Å². The molecule has 2 heterocycles. The largest absolute Gasteiger partial charge is 0.759 e. The lowest BCUT2D eigenvalue weighted by Crippen LogP contribution is -3.06. The molecule has 0 radical (unpaired) electrons. The van der Waals surface area contributed by atoms with Crippen molar-refractivity contribution in [1.29, 1.82) is 0 Å². The van der Waals surface area contributed by atoms with Gasteiger partial charge in [-0.1, -0.05) is 53.4 Å². The van der Waals surface area contributed by atoms with Crippen LogP contribution in [0.3, 0.4) is 0 Å². The van der Waals surface area contributed by atoms with Crippen LogP contribution in [0, 0.1) is 0 Å². The normalized spacial score (nSPS) is 19.5. The third-order valence-electron chi connectivity index (χ3n) is 5.34. The average Bonchev–Trinajstić information content (AvgIpc) is 3.28. The zero-order valence-electron chi connectivity index (χ0n) is 21.6. The molecular formula is C24H46N4O4S. The number of nitrogens with one attached hydrogen (secondary N) is 2. The van der Waals surface area contributed by atoms with Crippen LogP contribution in [0.25, 0.3) is 0 Å². The minimum atomic E-state index is -5.17. The molecule has 0 saturated carbocycles. The van der Waals surface area contributed by atoms with E-state index in [9.17, 15) is 0 Å². The lowest BCUT2D eigenvalue weighted by atomic mass is 10.2. The summed E-state index contributed by atoms with van der Waals surface area (Å²) in [5.74, 6) is 2.66. The number of rotatable bonds is 12. The van der Waals surface area contributed by atoms with Gasteiger partial charge in [-0.3, -0.25) is 18.2 Å². The SMILES string of the molecule is CCCCC1=C[NH+](C)C(CCCC)=N1.CCCCC1=C[NH+](C)C(CCCC)=N1.O=S(=O)([O-])[O-]. The molecule has 0 bridgehead atoms. The van der Waals surface area contributed by atoms with Gasteiger partial charge >= 0.3 is 0 Å². The van der Waals surface area contributed by atoms with Gasteiger partial charge in [-0.15, -0.1) is 0 Å². The van der Waals surface area contributed by atoms with Crippen LogP contribution >= 0.6 is 0 Å². The van der Waals surface area contributed by atoms with Crippen molar-refractivity contribution in [2.75, 3.05) is 14.1 Å². The molecule has 2 rings (SSSR count). The second-order valence-electron chi connectivity index (χ2n) is 8.58. The Morgan fingerprint density at radius 2 is 0.939 bits per heavy atom. The summed E-state index contributed by atoms with van der Waals surface area (Å²) >= 11 is 0. The second-order valence-corrected chi connectivity index (χ2v) is 9.39. The maximum absolute atomic E-state index is 8.52. The van der Waals surface area contributed by atoms with Crippen molar-refractivity contribution >= 4 is 22.1 Å². The molecule has 0 aromatic carbocycles. The van der Waals surface area contributed by atoms with Gasteiger partial charge in [-0.2, -0.15) is 9.98 Å². The fourth-order valence-corrected chi connectivity index (χ4v) is 3.42. The Bertz CT molecular complexity index is 715. The summed E-state index contributed by atoms with van der Waals surface area (Å²) in [5.41, 5.74) is 2.60. The number of unbranched alkanes of at least 4 members (excludes halogenated alkanes) is 4. The van der Waals surface area contributed by atoms with Crippen molar-refractivity contribution in [1.82, 2.24) is 0 Å². The van der Waals surface area contributed by atoms with Gasteiger partial charge in [0.25, 0.3) is 0 Å². The van der Waals surface area contributed by atoms with Gasteiger partial charge in [0.1, 0.15) is 12.4 Å². The van der Waals surface area contributed by atoms with E-state index in [1.165, 1.54) is 84.2 Å². The smallest absolute Gasteiger partial charge is 0.205 e. The molecule has 2 aliphatic rings. The van der Waals surface area contributed by atoms with E-state index in [0.29, 0.717) is 0 Å². The van der Waals surface area contributed by atoms with Gasteiger partial charge in [0.2, 0.25) is 11.7 Å². The fourth-order valence-electron chi connectivity index (χ4n) is 3.42. The van der Waals surface area contributed by atoms with Gasteiger partial charge in [0.05, 0.1) is 25.5 Å². The first-order chi connectivity index (χ1) is 15.5. The standard InChI is InChI=1S/2C12H22N2.H2O4S/c2*1-4-6-8-11-10-14(3)12(13-11)9-7-5-2;1-5(2,3)4/h2*10H,4-9H2,1-3H3;(H2,1,2,3,4). The molecule has 2 aliphatic heterocycles. The molecule has 0 spiro atoms. The van der Waals surface area contributed by atoms with E-state index in [4.69, 9.17) is 17.5 Å². The highest BCUT2D eigenvalue weighted by atomic mass is 32.3. The van der Waals surface area contributed by atoms with Crippen LogP contribution in [0.5, 0.6) is 0 Å². The van der Waals surface area contributed by atoms with Gasteiger partial charge in [0.15, 0.2) is 0 Å². The molecule has 0 aromatic heterocycles. The molecule has 0 aromatic rings. The van der Waals surface area contributed by atoms with Crippen molar-refractivity contribution in [3.05, 3.63) is 23.8 Å². The molecule has 8 nitrogen and oxygen atoms in total. The summed E-state index contributed by atoms with van der Waals surface area (Å²) in [7, 11) is -0.791. The molecular weight excluding hydrogens is 440 g/mol. The minimum Gasteiger partial charge on any atom is -0.759 e. The van der Waals surface area contributed by atoms with E-state index < -0.39 is 10.4 Å². The summed E-state index contributed by atoms with van der Waals surface area (Å²) in [4.78, 5) is 12.2. The second kappa shape index (κ2) is 18.0. The molecule has 2 N–H and O–H groups in total. The summed E-state index contributed by atoms with van der Waals surface area (Å²) < 4.78 is 34.1. The van der Waals surface area contributed by atoms with E-state index in [1.54, 1.807) is 0 Å². The zero-order valence-corrected chi connectivity index (χ0v) is 22.4. The predicted octanol–water partition coefficient (Wildman–Crippen LogP) is 2.93. The van der Waals surface area contributed by atoms with E-state index in [2.05, 4.69) is 64.2 Å². The molecule has 2 atom stereocenters. The molecule has 0 aliphatic carbocycles. The first-order valence-electron chi connectivity index (χ1n) is 12.5. The first kappa shape index (κ1) is 31.6. The summed E-state index contributed by atoms with van der Waals surface area (Å²) in [6.07, 6.45) is 19.3. The molecule has 9 heteroatoms. The number of aliphatic imine (C=N–C) groups is 2. The Morgan fingerprint density at radius 1 is 0.667 bits per heavy atom. The van der Waals surface area contributed by atoms with Crippen LogP contribution in [0.4, 0.5) is 0 Å². The molecule has 0 fully saturated rings. The van der Waals surface area contributed by atoms with Crippen molar-refractivity contribution < 1.29 is 27.3 Å². The Hall–Kier alpha value is -1.39. The lowest BCUT2D eigenvalue weighted by Gasteiger charge is -2.06. The van der Waals surface area contributed by atoms with Crippen molar-refractivity contribution in [2.24, 2.45) is 9.98 Å². The van der Waals surface area contributed by atoms with Gasteiger partial charge in [0, 0.05) is 23.2 Å². The number of amidine groups is 2. The van der Waals surface area contributed by atoms with Crippen molar-refractivity contribution in [3.8, 4) is 0 Å². The highest BCUT2D eigenvalue weighted by molar-refractivity contribution is 7.79. The topological polar surface area (TPSA) is 114 Å². The Morgan fingerprint density at radius 3 is 1.21 bits per heavy atom. The Kier molecular flexibility index (Phi) is 17.2. The molecule has 0 amide bonds. The van der Waals surface area contributed by atoms with Crippen LogP contribution in [0.1, 0.15) is 105 Å². The first-order valence-corrected chi connectivity index (χ1v) is 13.8. The van der Waals surface area contributed by atoms with Gasteiger partial charge in [-0.05, 0) is 38.5 Å². The Balaban J connectivity index is 0.000000517. The van der Waals surface area contributed by atoms with Crippen molar-refractivity contribution in [2.45, 2.75) is 105 Å². The molecule has 192 valence electrons. The number of allylic oxidation sites excluding steroid dienone is 2. The van der Waals surface area contributed by atoms with Crippen molar-refractivity contribution in [3.63, 3.8) is 0 Å². The van der Waals surface area contributed by atoms with E-state index in [-0.39, 0.29) is 0 Å².